The summed E-state index contributed by atoms with van der Waals surface area (Å²) in [5.74, 6) is -1.78. The zero-order valence-corrected chi connectivity index (χ0v) is 25.5. The van der Waals surface area contributed by atoms with Crippen LogP contribution in [0.3, 0.4) is 0 Å². The van der Waals surface area contributed by atoms with E-state index in [1.54, 1.807) is 26.8 Å². The molecule has 0 spiro atoms. The third kappa shape index (κ3) is 4.52. The smallest absolute Gasteiger partial charge is 0.419 e. The Balaban J connectivity index is 1.72. The summed E-state index contributed by atoms with van der Waals surface area (Å²) in [4.78, 5) is 40.7. The third-order valence-corrected chi connectivity index (χ3v) is 12.1. The van der Waals surface area contributed by atoms with Gasteiger partial charge in [0.05, 0.1) is 18.1 Å². The largest absolute Gasteiger partial charge is 0.469 e. The van der Waals surface area contributed by atoms with E-state index in [-0.39, 0.29) is 52.2 Å². The predicted octanol–water partition coefficient (Wildman–Crippen LogP) is 8.20. The molecule has 224 valence electrons. The number of carbonyl (C=O) groups excluding carboxylic acids is 3. The van der Waals surface area contributed by atoms with Crippen molar-refractivity contribution in [2.45, 2.75) is 112 Å². The quantitative estimate of drug-likeness (QED) is 0.249. The van der Waals surface area contributed by atoms with E-state index in [1.807, 2.05) is 0 Å². The van der Waals surface area contributed by atoms with Gasteiger partial charge in [-0.3, -0.25) is 14.4 Å². The molecule has 0 heterocycles. The summed E-state index contributed by atoms with van der Waals surface area (Å²) in [6.45, 7) is 13.7. The molecule has 0 radical (unpaired) electrons. The molecule has 0 aromatic carbocycles. The first-order chi connectivity index (χ1) is 18.3. The highest BCUT2D eigenvalue weighted by atomic mass is 19.4. The van der Waals surface area contributed by atoms with Gasteiger partial charge in [0.2, 0.25) is 0 Å². The number of Topliss-reactive ketones (excluding diaryl/α,β-unsaturated/α-hetero) is 1. The van der Waals surface area contributed by atoms with Crippen molar-refractivity contribution in [3.63, 3.8) is 0 Å². The van der Waals surface area contributed by atoms with E-state index >= 15 is 0 Å². The summed E-state index contributed by atoms with van der Waals surface area (Å²) < 4.78 is 46.7. The molecule has 7 heteroatoms. The number of methoxy groups -OCH3 is 1. The first-order valence-electron chi connectivity index (χ1n) is 15.0. The van der Waals surface area contributed by atoms with Crippen LogP contribution >= 0.6 is 0 Å². The van der Waals surface area contributed by atoms with Crippen molar-refractivity contribution < 1.29 is 32.3 Å². The minimum Gasteiger partial charge on any atom is -0.469 e. The molecule has 4 rings (SSSR count). The molecule has 4 aliphatic rings. The first kappa shape index (κ1) is 31.0. The number of rotatable bonds is 5. The maximum atomic E-state index is 14.1. The van der Waals surface area contributed by atoms with Crippen molar-refractivity contribution in [1.82, 2.24) is 0 Å². The highest BCUT2D eigenvalue weighted by Gasteiger charge is 2.68. The van der Waals surface area contributed by atoms with Gasteiger partial charge in [0.25, 0.3) is 0 Å². The van der Waals surface area contributed by atoms with Crippen molar-refractivity contribution in [2.75, 3.05) is 7.11 Å². The fourth-order valence-corrected chi connectivity index (χ4v) is 9.20. The van der Waals surface area contributed by atoms with E-state index in [0.29, 0.717) is 32.1 Å². The van der Waals surface area contributed by atoms with Gasteiger partial charge >= 0.3 is 12.1 Å². The standard InChI is InChI=1S/C33H47F3O4/c1-9-10-22(33(34,35)36)26(38)29(4,5)20-11-12-30(6)21(17-20)18-24(37)25-23-19-28(2,3)13-15-32(23,27(39)40-8)16-14-31(25,30)7/h10,18,20,23,25H,9,11-17,19H2,1-8H3/b22-10+/t20-,23?,25?,30-,31-,32+/m1/s1. The van der Waals surface area contributed by atoms with Crippen molar-refractivity contribution in [2.24, 2.45) is 44.8 Å². The van der Waals surface area contributed by atoms with E-state index in [1.165, 1.54) is 7.11 Å². The minimum absolute atomic E-state index is 0.00978. The lowest BCUT2D eigenvalue weighted by atomic mass is 9.37. The lowest BCUT2D eigenvalue weighted by Crippen LogP contribution is -2.63. The molecule has 2 unspecified atom stereocenters. The zero-order chi connectivity index (χ0) is 30.1. The van der Waals surface area contributed by atoms with Crippen LogP contribution in [0, 0.1) is 44.8 Å². The van der Waals surface area contributed by atoms with Gasteiger partial charge in [-0.25, -0.2) is 0 Å². The van der Waals surface area contributed by atoms with Crippen molar-refractivity contribution in [1.29, 1.82) is 0 Å². The topological polar surface area (TPSA) is 60.4 Å². The maximum Gasteiger partial charge on any atom is 0.419 e. The lowest BCUT2D eigenvalue weighted by Gasteiger charge is -2.66. The van der Waals surface area contributed by atoms with Crippen LogP contribution < -0.4 is 0 Å². The summed E-state index contributed by atoms with van der Waals surface area (Å²) in [6, 6.07) is 0. The molecule has 6 atom stereocenters. The second-order valence-electron chi connectivity index (χ2n) is 14.9. The van der Waals surface area contributed by atoms with Gasteiger partial charge in [-0.2, -0.15) is 13.2 Å². The third-order valence-electron chi connectivity index (χ3n) is 12.1. The molecule has 0 aromatic heterocycles. The van der Waals surface area contributed by atoms with Crippen LogP contribution in [-0.4, -0.2) is 30.8 Å². The summed E-state index contributed by atoms with van der Waals surface area (Å²) in [5.41, 5.74) is -2.70. The van der Waals surface area contributed by atoms with Crippen LogP contribution in [0.5, 0.6) is 0 Å². The molecule has 3 saturated carbocycles. The Hall–Kier alpha value is -1.92. The summed E-state index contributed by atoms with van der Waals surface area (Å²) in [6.07, 6.45) is 3.71. The number of alkyl halides is 3. The Morgan fingerprint density at radius 3 is 2.25 bits per heavy atom. The molecular formula is C33H47F3O4. The molecule has 0 saturated heterocycles. The molecule has 0 amide bonds. The molecule has 0 bridgehead atoms. The van der Waals surface area contributed by atoms with Gasteiger partial charge in [0, 0.05) is 11.3 Å². The Morgan fingerprint density at radius 1 is 1.05 bits per heavy atom. The van der Waals surface area contributed by atoms with Crippen LogP contribution in [0.2, 0.25) is 0 Å². The number of halogens is 3. The van der Waals surface area contributed by atoms with Crippen molar-refractivity contribution >= 4 is 17.5 Å². The van der Waals surface area contributed by atoms with E-state index in [0.717, 1.165) is 30.9 Å². The maximum absolute atomic E-state index is 14.1. The summed E-state index contributed by atoms with van der Waals surface area (Å²) >= 11 is 0. The highest BCUT2D eigenvalue weighted by Crippen LogP contribution is 2.71. The van der Waals surface area contributed by atoms with Gasteiger partial charge in [0.15, 0.2) is 11.6 Å². The van der Waals surface area contributed by atoms with E-state index in [4.69, 9.17) is 4.74 Å². The Labute approximate surface area is 237 Å². The fourth-order valence-electron chi connectivity index (χ4n) is 9.20. The van der Waals surface area contributed by atoms with Gasteiger partial charge in [0.1, 0.15) is 0 Å². The molecule has 0 aromatic rings. The van der Waals surface area contributed by atoms with Crippen LogP contribution in [0.15, 0.2) is 23.3 Å². The fraction of sp³-hybridized carbons (Fsp3) is 0.788. The van der Waals surface area contributed by atoms with Gasteiger partial charge in [-0.15, -0.1) is 0 Å². The monoisotopic (exact) mass is 564 g/mol. The molecule has 0 N–H and O–H groups in total. The SMILES string of the molecule is CC/C=C(\C(=O)C(C)(C)[C@@H]1CC[C@]2(C)C(=CC(=O)C3C4CC(C)(C)CC[C@]4(C(=O)OC)CC[C@]32C)C1)C(F)(F)F. The average molecular weight is 565 g/mol. The first-order valence-corrected chi connectivity index (χ1v) is 15.0. The number of carbonyl (C=O) groups is 3. The second-order valence-corrected chi connectivity index (χ2v) is 14.9. The zero-order valence-electron chi connectivity index (χ0n) is 25.5. The number of allylic oxidation sites excluding steroid dienone is 4. The molecular weight excluding hydrogens is 517 g/mol. The number of hydrogen-bond donors (Lipinski definition) is 0. The molecule has 40 heavy (non-hydrogen) atoms. The van der Waals surface area contributed by atoms with Gasteiger partial charge in [-0.1, -0.05) is 60.1 Å². The van der Waals surface area contributed by atoms with Crippen LogP contribution in [-0.2, 0) is 19.1 Å². The number of ketones is 2. The van der Waals surface area contributed by atoms with E-state index in [2.05, 4.69) is 27.7 Å². The van der Waals surface area contributed by atoms with E-state index < -0.39 is 28.4 Å². The molecule has 4 aliphatic carbocycles. The van der Waals surface area contributed by atoms with Crippen LogP contribution in [0.4, 0.5) is 13.2 Å². The summed E-state index contributed by atoms with van der Waals surface area (Å²) in [5, 5.41) is 0. The summed E-state index contributed by atoms with van der Waals surface area (Å²) in [7, 11) is 1.44. The van der Waals surface area contributed by atoms with E-state index in [9.17, 15) is 27.6 Å². The average Bonchev–Trinajstić information content (AvgIpc) is 2.85. The second kappa shape index (κ2) is 9.83. The Bertz CT molecular complexity index is 1140. The highest BCUT2D eigenvalue weighted by molar-refractivity contribution is 6.01. The molecule has 0 aliphatic heterocycles. The Morgan fingerprint density at radius 2 is 1.68 bits per heavy atom. The van der Waals surface area contributed by atoms with Crippen molar-refractivity contribution in [3.8, 4) is 0 Å². The lowest BCUT2D eigenvalue weighted by molar-refractivity contribution is -0.188. The predicted molar refractivity (Wildman–Crippen MR) is 148 cm³/mol. The minimum atomic E-state index is -4.70. The molecule has 4 nitrogen and oxygen atoms in total. The van der Waals surface area contributed by atoms with Crippen LogP contribution in [0.1, 0.15) is 106 Å². The van der Waals surface area contributed by atoms with Gasteiger partial charge in [-0.05, 0) is 91.9 Å². The van der Waals surface area contributed by atoms with Crippen molar-refractivity contribution in [3.05, 3.63) is 23.3 Å². The molecule has 3 fully saturated rings. The number of esters is 1. The number of ether oxygens (including phenoxy) is 1. The Kier molecular flexibility index (Phi) is 7.62. The normalized spacial score (nSPS) is 38.0. The van der Waals surface area contributed by atoms with Gasteiger partial charge < -0.3 is 4.74 Å². The number of hydrogen-bond acceptors (Lipinski definition) is 4. The number of fused-ring (bicyclic) bond motifs is 5. The van der Waals surface area contributed by atoms with Crippen LogP contribution in [0.25, 0.3) is 0 Å².